The monoisotopic (exact) mass is 263 g/mol. The van der Waals surface area contributed by atoms with Gasteiger partial charge in [0.25, 0.3) is 0 Å². The number of rotatable bonds is 6. The molecule has 0 saturated carbocycles. The fourth-order valence-corrected chi connectivity index (χ4v) is 1.59. The Morgan fingerprint density at radius 3 is 2.58 bits per heavy atom. The van der Waals surface area contributed by atoms with Gasteiger partial charge in [0, 0.05) is 5.54 Å². The second kappa shape index (κ2) is 6.16. The lowest BCUT2D eigenvalue weighted by Gasteiger charge is -2.26. The quantitative estimate of drug-likeness (QED) is 0.627. The van der Waals surface area contributed by atoms with E-state index in [0.29, 0.717) is 12.8 Å². The number of nitrogens with zero attached hydrogens (tertiary/aromatic N) is 2. The largest absolute Gasteiger partial charge is 0.485 e. The van der Waals surface area contributed by atoms with Crippen LogP contribution in [0.25, 0.3) is 0 Å². The van der Waals surface area contributed by atoms with Gasteiger partial charge in [0.2, 0.25) is 0 Å². The minimum absolute atomic E-state index is 0.0156. The van der Waals surface area contributed by atoms with Gasteiger partial charge in [-0.25, -0.2) is 0 Å². The molecule has 2 N–H and O–H groups in total. The van der Waals surface area contributed by atoms with E-state index in [4.69, 9.17) is 15.7 Å². The van der Waals surface area contributed by atoms with Gasteiger partial charge in [0.1, 0.15) is 18.2 Å². The Balaban J connectivity index is 3.03. The number of nitriles is 1. The number of nitro groups is 1. The maximum absolute atomic E-state index is 11.0. The molecule has 0 saturated heterocycles. The zero-order valence-corrected chi connectivity index (χ0v) is 11.0. The Labute approximate surface area is 111 Å². The predicted molar refractivity (Wildman–Crippen MR) is 70.8 cm³/mol. The summed E-state index contributed by atoms with van der Waals surface area (Å²) in [5.74, 6) is 0.0841. The zero-order valence-electron chi connectivity index (χ0n) is 11.0. The molecule has 19 heavy (non-hydrogen) atoms. The summed E-state index contributed by atoms with van der Waals surface area (Å²) in [5, 5.41) is 19.9. The molecule has 0 unspecified atom stereocenters. The van der Waals surface area contributed by atoms with E-state index in [2.05, 4.69) is 0 Å². The first kappa shape index (κ1) is 14.9. The predicted octanol–water partition coefficient (Wildman–Crippen LogP) is 2.36. The third-order valence-electron chi connectivity index (χ3n) is 3.23. The van der Waals surface area contributed by atoms with Crippen molar-refractivity contribution >= 4 is 5.69 Å². The fraction of sp³-hybridized carbons (Fsp3) is 0.462. The molecule has 0 aliphatic rings. The first-order valence-electron chi connectivity index (χ1n) is 6.06. The average Bonchev–Trinajstić information content (AvgIpc) is 2.43. The highest BCUT2D eigenvalue weighted by Gasteiger charge is 2.25. The van der Waals surface area contributed by atoms with Crippen LogP contribution in [0.15, 0.2) is 18.2 Å². The number of para-hydroxylation sites is 1. The second-order valence-corrected chi connectivity index (χ2v) is 4.38. The number of nitrogens with two attached hydrogens (primary N) is 1. The number of hydrogen-bond donors (Lipinski definition) is 1. The summed E-state index contributed by atoms with van der Waals surface area (Å²) < 4.78 is 5.47. The van der Waals surface area contributed by atoms with Crippen LogP contribution in [0.4, 0.5) is 5.69 Å². The smallest absolute Gasteiger partial charge is 0.328 e. The van der Waals surface area contributed by atoms with Gasteiger partial charge in [-0.1, -0.05) is 19.9 Å². The summed E-state index contributed by atoms with van der Waals surface area (Å²) in [7, 11) is 0. The molecule has 0 aliphatic heterocycles. The topological polar surface area (TPSA) is 102 Å². The van der Waals surface area contributed by atoms with Crippen molar-refractivity contribution in [2.45, 2.75) is 32.2 Å². The molecule has 0 heterocycles. The van der Waals surface area contributed by atoms with Crippen molar-refractivity contribution in [2.24, 2.45) is 5.73 Å². The molecule has 1 rings (SSSR count). The van der Waals surface area contributed by atoms with E-state index in [0.717, 1.165) is 0 Å². The van der Waals surface area contributed by atoms with Crippen LogP contribution in [0, 0.1) is 21.4 Å². The van der Waals surface area contributed by atoms with Gasteiger partial charge < -0.3 is 10.5 Å². The second-order valence-electron chi connectivity index (χ2n) is 4.38. The first-order valence-corrected chi connectivity index (χ1v) is 6.06. The zero-order chi connectivity index (χ0) is 14.5. The van der Waals surface area contributed by atoms with Crippen LogP contribution in [0.3, 0.4) is 0 Å². The Kier molecular flexibility index (Phi) is 4.84. The maximum atomic E-state index is 11.0. The van der Waals surface area contributed by atoms with Crippen molar-refractivity contribution in [3.05, 3.63) is 33.9 Å². The number of hydrogen-bond acceptors (Lipinski definition) is 5. The minimum atomic E-state index is -0.607. The third-order valence-corrected chi connectivity index (χ3v) is 3.23. The van der Waals surface area contributed by atoms with Gasteiger partial charge in [-0.3, -0.25) is 10.1 Å². The number of nitro benzene ring substituents is 1. The van der Waals surface area contributed by atoms with Crippen LogP contribution >= 0.6 is 0 Å². The fourth-order valence-electron chi connectivity index (χ4n) is 1.59. The van der Waals surface area contributed by atoms with Crippen molar-refractivity contribution in [3.63, 3.8) is 0 Å². The lowest BCUT2D eigenvalue weighted by molar-refractivity contribution is -0.386. The molecule has 0 amide bonds. The van der Waals surface area contributed by atoms with Gasteiger partial charge >= 0.3 is 5.69 Å². The van der Waals surface area contributed by atoms with E-state index in [-0.39, 0.29) is 23.6 Å². The summed E-state index contributed by atoms with van der Waals surface area (Å²) >= 11 is 0. The van der Waals surface area contributed by atoms with E-state index >= 15 is 0 Å². The molecular formula is C13H17N3O3. The standard InChI is InChI=1S/C13H17N3O3/c1-3-13(15,4-2)9-19-11-7-5-6-10(8-14)12(11)16(17)18/h5-7H,3-4,9,15H2,1-2H3. The third kappa shape index (κ3) is 3.42. The molecule has 0 atom stereocenters. The normalized spacial score (nSPS) is 10.8. The lowest BCUT2D eigenvalue weighted by atomic mass is 9.95. The summed E-state index contributed by atoms with van der Waals surface area (Å²) in [4.78, 5) is 10.4. The van der Waals surface area contributed by atoms with Gasteiger partial charge in [-0.2, -0.15) is 5.26 Å². The Morgan fingerprint density at radius 2 is 2.11 bits per heavy atom. The lowest BCUT2D eigenvalue weighted by Crippen LogP contribution is -2.44. The molecule has 6 heteroatoms. The van der Waals surface area contributed by atoms with Crippen LogP contribution in [-0.4, -0.2) is 17.1 Å². The van der Waals surface area contributed by atoms with Crippen molar-refractivity contribution < 1.29 is 9.66 Å². The van der Waals surface area contributed by atoms with Crippen molar-refractivity contribution in [1.82, 2.24) is 0 Å². The van der Waals surface area contributed by atoms with Gasteiger partial charge in [0.15, 0.2) is 5.75 Å². The summed E-state index contributed by atoms with van der Waals surface area (Å²) in [6.07, 6.45) is 1.41. The van der Waals surface area contributed by atoms with Crippen LogP contribution in [0.5, 0.6) is 5.75 Å². The number of benzene rings is 1. The van der Waals surface area contributed by atoms with Crippen molar-refractivity contribution in [1.29, 1.82) is 5.26 Å². The van der Waals surface area contributed by atoms with E-state index in [1.54, 1.807) is 12.1 Å². The van der Waals surface area contributed by atoms with Crippen LogP contribution in [0.1, 0.15) is 32.3 Å². The molecule has 0 bridgehead atoms. The molecule has 0 aromatic heterocycles. The minimum Gasteiger partial charge on any atom is -0.485 e. The Bertz CT molecular complexity index is 504. The highest BCUT2D eigenvalue weighted by atomic mass is 16.6. The molecule has 0 fully saturated rings. The molecule has 1 aromatic carbocycles. The van der Waals surface area contributed by atoms with Gasteiger partial charge in [0.05, 0.1) is 4.92 Å². The maximum Gasteiger partial charge on any atom is 0.328 e. The summed E-state index contributed by atoms with van der Waals surface area (Å²) in [6, 6.07) is 6.21. The first-order chi connectivity index (χ1) is 8.97. The van der Waals surface area contributed by atoms with E-state index in [1.165, 1.54) is 12.1 Å². The van der Waals surface area contributed by atoms with Gasteiger partial charge in [-0.05, 0) is 25.0 Å². The van der Waals surface area contributed by atoms with Crippen LogP contribution < -0.4 is 10.5 Å². The van der Waals surface area contributed by atoms with Gasteiger partial charge in [-0.15, -0.1) is 0 Å². The van der Waals surface area contributed by atoms with E-state index < -0.39 is 10.5 Å². The Hall–Kier alpha value is -2.13. The molecule has 6 nitrogen and oxygen atoms in total. The highest BCUT2D eigenvalue weighted by molar-refractivity contribution is 5.57. The van der Waals surface area contributed by atoms with Crippen LogP contribution in [-0.2, 0) is 0 Å². The van der Waals surface area contributed by atoms with E-state index in [9.17, 15) is 10.1 Å². The molecule has 102 valence electrons. The molecule has 1 aromatic rings. The summed E-state index contributed by atoms with van der Waals surface area (Å²) in [6.45, 7) is 4.05. The van der Waals surface area contributed by atoms with E-state index in [1.807, 2.05) is 13.8 Å². The van der Waals surface area contributed by atoms with Crippen LogP contribution in [0.2, 0.25) is 0 Å². The molecule has 0 aliphatic carbocycles. The molecular weight excluding hydrogens is 246 g/mol. The Morgan fingerprint density at radius 1 is 1.47 bits per heavy atom. The van der Waals surface area contributed by atoms with Crippen molar-refractivity contribution in [2.75, 3.05) is 6.61 Å². The molecule has 0 spiro atoms. The highest BCUT2D eigenvalue weighted by Crippen LogP contribution is 2.31. The SMILES string of the molecule is CCC(N)(CC)COc1cccc(C#N)c1[N+](=O)[O-]. The van der Waals surface area contributed by atoms with Crippen molar-refractivity contribution in [3.8, 4) is 11.8 Å². The summed E-state index contributed by atoms with van der Waals surface area (Å²) in [5.41, 5.74) is 5.24. The molecule has 0 radical (unpaired) electrons. The average molecular weight is 263 g/mol. The number of ether oxygens (including phenoxy) is 1.